The Morgan fingerprint density at radius 2 is 1.61 bits per heavy atom. The zero-order valence-electron chi connectivity index (χ0n) is 12.0. The molecule has 0 bridgehead atoms. The van der Waals surface area contributed by atoms with Crippen molar-refractivity contribution in [1.29, 1.82) is 0 Å². The standard InChI is InChI=1S/C18H24/c1-11(2)15-10-16-14-8-6-5-7-13(14)9-17(16)18(15)12(3)4/h5-8,11-12,16-17H,9-10H2,1-4H3/t16-,17+/m0/s1. The molecule has 0 radical (unpaired) electrons. The van der Waals surface area contributed by atoms with E-state index in [4.69, 9.17) is 0 Å². The SMILES string of the molecule is CC(C)C1=C(C(C)C)[C@@H]2Cc3ccccc3[C@@H]2C1. The summed E-state index contributed by atoms with van der Waals surface area (Å²) in [6, 6.07) is 9.10. The second-order valence-corrected chi connectivity index (χ2v) is 6.61. The van der Waals surface area contributed by atoms with Crippen LogP contribution in [0.15, 0.2) is 35.4 Å². The van der Waals surface area contributed by atoms with E-state index in [-0.39, 0.29) is 0 Å². The fourth-order valence-corrected chi connectivity index (χ4v) is 4.22. The van der Waals surface area contributed by atoms with Crippen molar-refractivity contribution < 1.29 is 0 Å². The van der Waals surface area contributed by atoms with E-state index in [0.29, 0.717) is 5.92 Å². The average molecular weight is 240 g/mol. The first-order valence-electron chi connectivity index (χ1n) is 7.40. The zero-order chi connectivity index (χ0) is 12.9. The molecule has 2 aliphatic rings. The lowest BCUT2D eigenvalue weighted by molar-refractivity contribution is 0.521. The van der Waals surface area contributed by atoms with Gasteiger partial charge in [0.1, 0.15) is 0 Å². The topological polar surface area (TPSA) is 0 Å². The lowest BCUT2D eigenvalue weighted by atomic mass is 9.86. The molecule has 0 saturated heterocycles. The van der Waals surface area contributed by atoms with E-state index in [9.17, 15) is 0 Å². The van der Waals surface area contributed by atoms with Gasteiger partial charge in [0.05, 0.1) is 0 Å². The van der Waals surface area contributed by atoms with Crippen molar-refractivity contribution in [3.05, 3.63) is 46.5 Å². The van der Waals surface area contributed by atoms with Crippen LogP contribution in [0.5, 0.6) is 0 Å². The van der Waals surface area contributed by atoms with Gasteiger partial charge in [-0.05, 0) is 47.6 Å². The molecule has 0 aromatic heterocycles. The highest BCUT2D eigenvalue weighted by Gasteiger charge is 2.42. The highest BCUT2D eigenvalue weighted by atomic mass is 14.5. The van der Waals surface area contributed by atoms with Crippen LogP contribution < -0.4 is 0 Å². The third-order valence-electron chi connectivity index (χ3n) is 4.91. The molecule has 96 valence electrons. The molecule has 18 heavy (non-hydrogen) atoms. The monoisotopic (exact) mass is 240 g/mol. The van der Waals surface area contributed by atoms with Gasteiger partial charge < -0.3 is 0 Å². The van der Waals surface area contributed by atoms with Crippen LogP contribution in [0.25, 0.3) is 0 Å². The van der Waals surface area contributed by atoms with E-state index in [0.717, 1.165) is 17.8 Å². The molecule has 0 fully saturated rings. The van der Waals surface area contributed by atoms with Crippen molar-refractivity contribution in [2.75, 3.05) is 0 Å². The Kier molecular flexibility index (Phi) is 2.84. The number of benzene rings is 1. The van der Waals surface area contributed by atoms with Gasteiger partial charge in [-0.3, -0.25) is 0 Å². The number of hydrogen-bond donors (Lipinski definition) is 0. The van der Waals surface area contributed by atoms with Gasteiger partial charge in [0.25, 0.3) is 0 Å². The molecule has 0 saturated carbocycles. The molecule has 0 heteroatoms. The summed E-state index contributed by atoms with van der Waals surface area (Å²) in [4.78, 5) is 0. The number of fused-ring (bicyclic) bond motifs is 3. The number of allylic oxidation sites excluding steroid dienone is 2. The molecule has 0 amide bonds. The summed E-state index contributed by atoms with van der Waals surface area (Å²) in [7, 11) is 0. The minimum absolute atomic E-state index is 0.715. The molecule has 0 heterocycles. The van der Waals surface area contributed by atoms with Crippen LogP contribution in [0.3, 0.4) is 0 Å². The maximum absolute atomic E-state index is 2.38. The summed E-state index contributed by atoms with van der Waals surface area (Å²) in [5.74, 6) is 3.03. The van der Waals surface area contributed by atoms with Crippen LogP contribution in [0, 0.1) is 17.8 Å². The fraction of sp³-hybridized carbons (Fsp3) is 0.556. The van der Waals surface area contributed by atoms with Crippen LogP contribution >= 0.6 is 0 Å². The molecule has 0 spiro atoms. The Morgan fingerprint density at radius 3 is 2.28 bits per heavy atom. The quantitative estimate of drug-likeness (QED) is 0.641. The van der Waals surface area contributed by atoms with Gasteiger partial charge in [-0.1, -0.05) is 63.1 Å². The molecule has 2 aliphatic carbocycles. The summed E-state index contributed by atoms with van der Waals surface area (Å²) in [6.45, 7) is 9.49. The van der Waals surface area contributed by atoms with Gasteiger partial charge in [-0.25, -0.2) is 0 Å². The third-order valence-corrected chi connectivity index (χ3v) is 4.91. The van der Waals surface area contributed by atoms with Crippen molar-refractivity contribution in [2.24, 2.45) is 17.8 Å². The van der Waals surface area contributed by atoms with E-state index in [1.807, 2.05) is 0 Å². The zero-order valence-corrected chi connectivity index (χ0v) is 12.0. The van der Waals surface area contributed by atoms with E-state index >= 15 is 0 Å². The third kappa shape index (κ3) is 1.66. The van der Waals surface area contributed by atoms with Crippen molar-refractivity contribution in [3.8, 4) is 0 Å². The van der Waals surface area contributed by atoms with E-state index in [2.05, 4.69) is 52.0 Å². The van der Waals surface area contributed by atoms with Crippen molar-refractivity contribution in [1.82, 2.24) is 0 Å². The highest BCUT2D eigenvalue weighted by molar-refractivity contribution is 5.45. The summed E-state index contributed by atoms with van der Waals surface area (Å²) in [6.07, 6.45) is 2.59. The van der Waals surface area contributed by atoms with Gasteiger partial charge in [-0.15, -0.1) is 0 Å². The normalized spacial score (nSPS) is 26.1. The smallest absolute Gasteiger partial charge is 0.00528 e. The fourth-order valence-electron chi connectivity index (χ4n) is 4.22. The van der Waals surface area contributed by atoms with Crippen LogP contribution in [0.1, 0.15) is 51.2 Å². The predicted octanol–water partition coefficient (Wildman–Crippen LogP) is 4.95. The molecule has 0 aliphatic heterocycles. The Hall–Kier alpha value is -1.04. The molecule has 1 aromatic carbocycles. The first kappa shape index (κ1) is 12.0. The summed E-state index contributed by atoms with van der Waals surface area (Å²) in [5.41, 5.74) is 6.78. The Labute approximate surface area is 111 Å². The molecular formula is C18H24. The highest BCUT2D eigenvalue weighted by Crippen LogP contribution is 2.54. The molecule has 2 atom stereocenters. The molecule has 3 rings (SSSR count). The van der Waals surface area contributed by atoms with E-state index < -0.39 is 0 Å². The lowest BCUT2D eigenvalue weighted by Gasteiger charge is -2.19. The van der Waals surface area contributed by atoms with Crippen LogP contribution in [0.4, 0.5) is 0 Å². The van der Waals surface area contributed by atoms with Gasteiger partial charge in [0.15, 0.2) is 0 Å². The molecule has 1 aromatic rings. The maximum Gasteiger partial charge on any atom is -0.00528 e. The molecular weight excluding hydrogens is 216 g/mol. The van der Waals surface area contributed by atoms with Gasteiger partial charge >= 0.3 is 0 Å². The van der Waals surface area contributed by atoms with Crippen molar-refractivity contribution >= 4 is 0 Å². The first-order valence-corrected chi connectivity index (χ1v) is 7.40. The number of hydrogen-bond acceptors (Lipinski definition) is 0. The lowest BCUT2D eigenvalue weighted by Crippen LogP contribution is -2.09. The van der Waals surface area contributed by atoms with Crippen molar-refractivity contribution in [2.45, 2.75) is 46.5 Å². The Balaban J connectivity index is 2.02. The van der Waals surface area contributed by atoms with E-state index in [1.165, 1.54) is 12.8 Å². The van der Waals surface area contributed by atoms with Crippen molar-refractivity contribution in [3.63, 3.8) is 0 Å². The van der Waals surface area contributed by atoms with Gasteiger partial charge in [-0.2, -0.15) is 0 Å². The molecule has 0 N–H and O–H groups in total. The first-order chi connectivity index (χ1) is 8.59. The Bertz CT molecular complexity index is 491. The van der Waals surface area contributed by atoms with E-state index in [1.54, 1.807) is 22.3 Å². The molecule has 0 nitrogen and oxygen atoms in total. The summed E-state index contributed by atoms with van der Waals surface area (Å²) in [5, 5.41) is 0. The molecule has 0 unspecified atom stereocenters. The van der Waals surface area contributed by atoms with Crippen LogP contribution in [-0.2, 0) is 6.42 Å². The largest absolute Gasteiger partial charge is 0.0673 e. The predicted molar refractivity (Wildman–Crippen MR) is 77.7 cm³/mol. The van der Waals surface area contributed by atoms with Gasteiger partial charge in [0.2, 0.25) is 0 Å². The minimum Gasteiger partial charge on any atom is -0.0673 e. The average Bonchev–Trinajstić information content (AvgIpc) is 2.83. The van der Waals surface area contributed by atoms with Crippen LogP contribution in [-0.4, -0.2) is 0 Å². The second-order valence-electron chi connectivity index (χ2n) is 6.61. The Morgan fingerprint density at radius 1 is 0.889 bits per heavy atom. The second kappa shape index (κ2) is 4.26. The van der Waals surface area contributed by atoms with Gasteiger partial charge in [0, 0.05) is 0 Å². The van der Waals surface area contributed by atoms with Crippen LogP contribution in [0.2, 0.25) is 0 Å². The summed E-state index contributed by atoms with van der Waals surface area (Å²) < 4.78 is 0. The maximum atomic E-state index is 2.38. The number of rotatable bonds is 2. The minimum atomic E-state index is 0.715. The summed E-state index contributed by atoms with van der Waals surface area (Å²) >= 11 is 0.